The van der Waals surface area contributed by atoms with Crippen molar-refractivity contribution in [1.82, 2.24) is 24.7 Å². The molecule has 0 bridgehead atoms. The van der Waals surface area contributed by atoms with E-state index in [9.17, 15) is 26.7 Å². The van der Waals surface area contributed by atoms with E-state index >= 15 is 0 Å². The minimum atomic E-state index is -4.72. The van der Waals surface area contributed by atoms with E-state index in [0.717, 1.165) is 21.1 Å². The molecule has 2 aromatic heterocycles. The van der Waals surface area contributed by atoms with E-state index in [1.807, 2.05) is 0 Å². The number of aromatic nitrogens is 5. The standard InChI is InChI=1S/C13H14BrF5N6OS/c1-4-27-12-21-20-10(9(15)16)25(12)23-11(26)6(3)24-5(2)7(14)8(22-24)13(17,18)19/h6,9H,4H2,1-3H3,(H,23,26)/t6-/m0/s1. The zero-order valence-electron chi connectivity index (χ0n) is 14.2. The van der Waals surface area contributed by atoms with Gasteiger partial charge >= 0.3 is 6.18 Å². The average molecular weight is 477 g/mol. The molecule has 0 unspecified atom stereocenters. The van der Waals surface area contributed by atoms with Gasteiger partial charge in [-0.2, -0.15) is 18.3 Å². The van der Waals surface area contributed by atoms with Gasteiger partial charge in [-0.25, -0.2) is 13.5 Å². The van der Waals surface area contributed by atoms with Crippen LogP contribution in [0.25, 0.3) is 0 Å². The fourth-order valence-corrected chi connectivity index (χ4v) is 3.23. The number of carbonyl (C=O) groups excluding carboxylic acids is 1. The van der Waals surface area contributed by atoms with Crippen LogP contribution in [-0.4, -0.2) is 36.3 Å². The van der Waals surface area contributed by atoms with Crippen molar-refractivity contribution in [2.45, 2.75) is 44.6 Å². The first-order valence-corrected chi connectivity index (χ1v) is 9.25. The molecule has 14 heteroatoms. The van der Waals surface area contributed by atoms with Gasteiger partial charge in [-0.05, 0) is 35.5 Å². The van der Waals surface area contributed by atoms with E-state index in [2.05, 4.69) is 36.7 Å². The number of carbonyl (C=O) groups is 1. The van der Waals surface area contributed by atoms with Crippen LogP contribution in [0.4, 0.5) is 22.0 Å². The maximum atomic E-state index is 13.1. The first kappa shape index (κ1) is 21.6. The number of hydrogen-bond donors (Lipinski definition) is 1. The SMILES string of the molecule is CCSc1nnc(C(F)F)n1NC(=O)[C@H](C)n1nc(C(F)(F)F)c(Br)c1C. The maximum Gasteiger partial charge on any atom is 0.436 e. The zero-order chi connectivity index (χ0) is 20.5. The summed E-state index contributed by atoms with van der Waals surface area (Å²) in [6, 6.07) is -1.22. The summed E-state index contributed by atoms with van der Waals surface area (Å²) in [4.78, 5) is 12.5. The summed E-state index contributed by atoms with van der Waals surface area (Å²) in [6.07, 6.45) is -7.72. The predicted octanol–water partition coefficient (Wildman–Crippen LogP) is 3.95. The number of rotatable bonds is 6. The summed E-state index contributed by atoms with van der Waals surface area (Å²) in [6.45, 7) is 4.39. The van der Waals surface area contributed by atoms with E-state index in [4.69, 9.17) is 0 Å². The second-order valence-electron chi connectivity index (χ2n) is 5.25. The lowest BCUT2D eigenvalue weighted by molar-refractivity contribution is -0.142. The summed E-state index contributed by atoms with van der Waals surface area (Å²) in [7, 11) is 0. The Kier molecular flexibility index (Phi) is 6.50. The molecule has 0 saturated heterocycles. The van der Waals surface area contributed by atoms with E-state index < -0.39 is 36.1 Å². The minimum Gasteiger partial charge on any atom is -0.271 e. The highest BCUT2D eigenvalue weighted by Gasteiger charge is 2.39. The lowest BCUT2D eigenvalue weighted by atomic mass is 10.3. The summed E-state index contributed by atoms with van der Waals surface area (Å²) in [5.41, 5.74) is 1.09. The molecule has 7 nitrogen and oxygen atoms in total. The van der Waals surface area contributed by atoms with Crippen molar-refractivity contribution in [2.75, 3.05) is 11.2 Å². The normalized spacial score (nSPS) is 13.3. The summed E-state index contributed by atoms with van der Waals surface area (Å²) < 4.78 is 66.4. The molecule has 0 aliphatic carbocycles. The van der Waals surface area contributed by atoms with E-state index in [-0.39, 0.29) is 15.3 Å². The third-order valence-corrected chi connectivity index (χ3v) is 5.20. The lowest BCUT2D eigenvalue weighted by Crippen LogP contribution is -2.32. The molecule has 0 radical (unpaired) electrons. The smallest absolute Gasteiger partial charge is 0.271 e. The Labute approximate surface area is 162 Å². The van der Waals surface area contributed by atoms with Gasteiger partial charge in [0, 0.05) is 0 Å². The van der Waals surface area contributed by atoms with Gasteiger partial charge in [0.15, 0.2) is 5.69 Å². The van der Waals surface area contributed by atoms with Gasteiger partial charge in [-0.15, -0.1) is 10.2 Å². The van der Waals surface area contributed by atoms with Gasteiger partial charge in [-0.3, -0.25) is 14.9 Å². The molecule has 1 N–H and O–H groups in total. The number of nitrogens with zero attached hydrogens (tertiary/aromatic N) is 5. The van der Waals surface area contributed by atoms with Crippen LogP contribution in [0.2, 0.25) is 0 Å². The maximum absolute atomic E-state index is 13.1. The molecule has 0 saturated carbocycles. The summed E-state index contributed by atoms with van der Waals surface area (Å²) in [5.74, 6) is -1.16. The van der Waals surface area contributed by atoms with Gasteiger partial charge in [-0.1, -0.05) is 18.7 Å². The highest BCUT2D eigenvalue weighted by molar-refractivity contribution is 9.10. The van der Waals surface area contributed by atoms with E-state index in [0.29, 0.717) is 5.75 Å². The molecule has 27 heavy (non-hydrogen) atoms. The van der Waals surface area contributed by atoms with Crippen LogP contribution < -0.4 is 5.43 Å². The van der Waals surface area contributed by atoms with Crippen molar-refractivity contribution in [3.63, 3.8) is 0 Å². The van der Waals surface area contributed by atoms with Crippen molar-refractivity contribution in [3.8, 4) is 0 Å². The Morgan fingerprint density at radius 3 is 2.44 bits per heavy atom. The molecule has 0 aliphatic rings. The minimum absolute atomic E-state index is 0.0303. The van der Waals surface area contributed by atoms with Gasteiger partial charge in [0.1, 0.15) is 6.04 Å². The van der Waals surface area contributed by atoms with Gasteiger partial charge < -0.3 is 0 Å². The van der Waals surface area contributed by atoms with E-state index in [1.165, 1.54) is 13.8 Å². The first-order valence-electron chi connectivity index (χ1n) is 7.47. The van der Waals surface area contributed by atoms with Gasteiger partial charge in [0.2, 0.25) is 11.0 Å². The quantitative estimate of drug-likeness (QED) is 0.504. The second kappa shape index (κ2) is 8.12. The van der Waals surface area contributed by atoms with Gasteiger partial charge in [0.05, 0.1) is 10.2 Å². The molecule has 1 atom stereocenters. The second-order valence-corrected chi connectivity index (χ2v) is 7.28. The number of halogens is 6. The van der Waals surface area contributed by atoms with Crippen LogP contribution >= 0.6 is 27.7 Å². The zero-order valence-corrected chi connectivity index (χ0v) is 16.6. The molecule has 0 aliphatic heterocycles. The molecular weight excluding hydrogens is 463 g/mol. The molecular formula is C13H14BrF5N6OS. The molecule has 2 heterocycles. The number of amides is 1. The Balaban J connectivity index is 2.34. The van der Waals surface area contributed by atoms with Crippen molar-refractivity contribution < 1.29 is 26.7 Å². The van der Waals surface area contributed by atoms with Crippen LogP contribution in [-0.2, 0) is 11.0 Å². The van der Waals surface area contributed by atoms with Crippen molar-refractivity contribution in [3.05, 3.63) is 21.7 Å². The Bertz CT molecular complexity index is 836. The fourth-order valence-electron chi connectivity index (χ4n) is 2.12. The molecule has 150 valence electrons. The molecule has 2 rings (SSSR count). The van der Waals surface area contributed by atoms with Crippen molar-refractivity contribution in [2.24, 2.45) is 0 Å². The van der Waals surface area contributed by atoms with Crippen molar-refractivity contribution in [1.29, 1.82) is 0 Å². The first-order chi connectivity index (χ1) is 12.5. The fraction of sp³-hybridized carbons (Fsp3) is 0.538. The Morgan fingerprint density at radius 2 is 1.96 bits per heavy atom. The van der Waals surface area contributed by atoms with Crippen LogP contribution in [0.1, 0.15) is 43.5 Å². The molecule has 2 aromatic rings. The highest BCUT2D eigenvalue weighted by Crippen LogP contribution is 2.36. The largest absolute Gasteiger partial charge is 0.436 e. The number of hydrogen-bond acceptors (Lipinski definition) is 5. The third kappa shape index (κ3) is 4.42. The van der Waals surface area contributed by atoms with Crippen LogP contribution in [0, 0.1) is 6.92 Å². The van der Waals surface area contributed by atoms with Crippen LogP contribution in [0.5, 0.6) is 0 Å². The summed E-state index contributed by atoms with van der Waals surface area (Å²) in [5, 5.41) is 10.4. The third-order valence-electron chi connectivity index (χ3n) is 3.44. The number of thioether (sulfide) groups is 1. The molecule has 0 fully saturated rings. The van der Waals surface area contributed by atoms with E-state index in [1.54, 1.807) is 6.92 Å². The highest BCUT2D eigenvalue weighted by atomic mass is 79.9. The Hall–Kier alpha value is -1.70. The molecule has 0 spiro atoms. The summed E-state index contributed by atoms with van der Waals surface area (Å²) >= 11 is 3.88. The molecule has 0 aromatic carbocycles. The van der Waals surface area contributed by atoms with Crippen LogP contribution in [0.3, 0.4) is 0 Å². The lowest BCUT2D eigenvalue weighted by Gasteiger charge is -2.16. The monoisotopic (exact) mass is 476 g/mol. The predicted molar refractivity (Wildman–Crippen MR) is 90.1 cm³/mol. The molecule has 1 amide bonds. The number of nitrogens with one attached hydrogen (secondary N) is 1. The van der Waals surface area contributed by atoms with Crippen molar-refractivity contribution >= 4 is 33.6 Å². The van der Waals surface area contributed by atoms with Gasteiger partial charge in [0.25, 0.3) is 12.3 Å². The topological polar surface area (TPSA) is 77.6 Å². The number of alkyl halides is 5. The Morgan fingerprint density at radius 1 is 1.33 bits per heavy atom. The van der Waals surface area contributed by atoms with Crippen LogP contribution in [0.15, 0.2) is 9.63 Å². The average Bonchev–Trinajstić information content (AvgIpc) is 3.09.